The summed E-state index contributed by atoms with van der Waals surface area (Å²) < 4.78 is 6.24. The molecule has 0 heterocycles. The number of amides is 1. The maximum atomic E-state index is 11.7. The largest absolute Gasteiger partial charge is 0.484 e. The van der Waals surface area contributed by atoms with E-state index in [-0.39, 0.29) is 24.2 Å². The standard InChI is InChI=1S/C14H18BrNO3/c1-9(2)14(10(3)17)16-13(18)8-19-12-6-4-5-11(15)7-12/h4-7,9,14H,8H2,1-3H3,(H,16,18). The number of nitrogens with one attached hydrogen (secondary N) is 1. The third-order valence-electron chi connectivity index (χ3n) is 2.59. The van der Waals surface area contributed by atoms with Gasteiger partial charge in [-0.05, 0) is 31.0 Å². The zero-order chi connectivity index (χ0) is 14.4. The van der Waals surface area contributed by atoms with E-state index < -0.39 is 6.04 Å². The van der Waals surface area contributed by atoms with Gasteiger partial charge in [-0.25, -0.2) is 0 Å². The van der Waals surface area contributed by atoms with Gasteiger partial charge in [-0.1, -0.05) is 35.8 Å². The van der Waals surface area contributed by atoms with E-state index in [1.165, 1.54) is 6.92 Å². The van der Waals surface area contributed by atoms with Crippen LogP contribution in [0.4, 0.5) is 0 Å². The van der Waals surface area contributed by atoms with Crippen LogP contribution in [0.2, 0.25) is 0 Å². The average Bonchev–Trinajstić information content (AvgIpc) is 2.32. The van der Waals surface area contributed by atoms with Crippen molar-refractivity contribution in [3.8, 4) is 5.75 Å². The summed E-state index contributed by atoms with van der Waals surface area (Å²) in [4.78, 5) is 23.1. The lowest BCUT2D eigenvalue weighted by Crippen LogP contribution is -2.45. The minimum Gasteiger partial charge on any atom is -0.484 e. The summed E-state index contributed by atoms with van der Waals surface area (Å²) in [7, 11) is 0. The molecule has 4 nitrogen and oxygen atoms in total. The first-order chi connectivity index (χ1) is 8.90. The third-order valence-corrected chi connectivity index (χ3v) is 3.08. The van der Waals surface area contributed by atoms with E-state index in [2.05, 4.69) is 21.2 Å². The second-order valence-electron chi connectivity index (χ2n) is 4.65. The van der Waals surface area contributed by atoms with Gasteiger partial charge < -0.3 is 10.1 Å². The average molecular weight is 328 g/mol. The Hall–Kier alpha value is -1.36. The fourth-order valence-corrected chi connectivity index (χ4v) is 2.04. The van der Waals surface area contributed by atoms with Crippen LogP contribution in [-0.4, -0.2) is 24.3 Å². The molecule has 0 fully saturated rings. The summed E-state index contributed by atoms with van der Waals surface area (Å²) in [5, 5.41) is 2.68. The van der Waals surface area contributed by atoms with Crippen LogP contribution < -0.4 is 10.1 Å². The van der Waals surface area contributed by atoms with E-state index in [1.54, 1.807) is 12.1 Å². The number of halogens is 1. The Morgan fingerprint density at radius 1 is 1.37 bits per heavy atom. The van der Waals surface area contributed by atoms with Crippen molar-refractivity contribution in [2.24, 2.45) is 5.92 Å². The molecule has 0 aliphatic carbocycles. The second kappa shape index (κ2) is 7.28. The van der Waals surface area contributed by atoms with Gasteiger partial charge in [-0.3, -0.25) is 9.59 Å². The number of carbonyl (C=O) groups excluding carboxylic acids is 2. The van der Waals surface area contributed by atoms with Crippen LogP contribution in [0.25, 0.3) is 0 Å². The normalized spacial score (nSPS) is 12.1. The number of ketones is 1. The van der Waals surface area contributed by atoms with Gasteiger partial charge >= 0.3 is 0 Å². The van der Waals surface area contributed by atoms with Crippen LogP contribution in [0.3, 0.4) is 0 Å². The highest BCUT2D eigenvalue weighted by atomic mass is 79.9. The number of hydrogen-bond acceptors (Lipinski definition) is 3. The van der Waals surface area contributed by atoms with E-state index in [0.717, 1.165) is 4.47 Å². The molecule has 104 valence electrons. The summed E-state index contributed by atoms with van der Waals surface area (Å²) in [6.45, 7) is 5.15. The van der Waals surface area contributed by atoms with Gasteiger partial charge in [0.15, 0.2) is 12.4 Å². The highest BCUT2D eigenvalue weighted by Crippen LogP contribution is 2.17. The molecule has 0 spiro atoms. The molecular weight excluding hydrogens is 310 g/mol. The Morgan fingerprint density at radius 2 is 2.05 bits per heavy atom. The van der Waals surface area contributed by atoms with Crippen molar-refractivity contribution in [2.45, 2.75) is 26.8 Å². The van der Waals surface area contributed by atoms with E-state index >= 15 is 0 Å². The molecule has 1 atom stereocenters. The lowest BCUT2D eigenvalue weighted by molar-refractivity contribution is -0.129. The fourth-order valence-electron chi connectivity index (χ4n) is 1.66. The first-order valence-corrected chi connectivity index (χ1v) is 6.87. The first kappa shape index (κ1) is 15.7. The maximum Gasteiger partial charge on any atom is 0.258 e. The quantitative estimate of drug-likeness (QED) is 0.873. The number of ether oxygens (including phenoxy) is 1. The number of Topliss-reactive ketones (excluding diaryl/α,β-unsaturated/α-hetero) is 1. The smallest absolute Gasteiger partial charge is 0.258 e. The molecular formula is C14H18BrNO3. The highest BCUT2D eigenvalue weighted by Gasteiger charge is 2.20. The van der Waals surface area contributed by atoms with E-state index in [4.69, 9.17) is 4.74 Å². The minimum absolute atomic E-state index is 0.0502. The number of benzene rings is 1. The van der Waals surface area contributed by atoms with Crippen LogP contribution in [0.5, 0.6) is 5.75 Å². The molecule has 0 radical (unpaired) electrons. The van der Waals surface area contributed by atoms with Crippen LogP contribution in [0, 0.1) is 5.92 Å². The van der Waals surface area contributed by atoms with Crippen LogP contribution in [0.15, 0.2) is 28.7 Å². The van der Waals surface area contributed by atoms with Crippen LogP contribution in [-0.2, 0) is 9.59 Å². The summed E-state index contributed by atoms with van der Waals surface area (Å²) >= 11 is 3.32. The van der Waals surface area contributed by atoms with Gasteiger partial charge in [0.1, 0.15) is 5.75 Å². The molecule has 1 N–H and O–H groups in total. The van der Waals surface area contributed by atoms with Crippen molar-refractivity contribution < 1.29 is 14.3 Å². The van der Waals surface area contributed by atoms with Gasteiger partial charge in [0.05, 0.1) is 6.04 Å². The van der Waals surface area contributed by atoms with Crippen molar-refractivity contribution in [1.82, 2.24) is 5.32 Å². The van der Waals surface area contributed by atoms with E-state index in [9.17, 15) is 9.59 Å². The van der Waals surface area contributed by atoms with Crippen molar-refractivity contribution in [2.75, 3.05) is 6.61 Å². The van der Waals surface area contributed by atoms with Gasteiger partial charge in [-0.15, -0.1) is 0 Å². The van der Waals surface area contributed by atoms with Crippen molar-refractivity contribution in [3.05, 3.63) is 28.7 Å². The molecule has 1 aromatic carbocycles. The Labute approximate surface area is 121 Å². The second-order valence-corrected chi connectivity index (χ2v) is 5.56. The molecule has 0 aliphatic heterocycles. The van der Waals surface area contributed by atoms with Crippen molar-refractivity contribution in [3.63, 3.8) is 0 Å². The zero-order valence-electron chi connectivity index (χ0n) is 11.3. The molecule has 0 saturated carbocycles. The molecule has 1 rings (SSSR count). The van der Waals surface area contributed by atoms with Crippen molar-refractivity contribution in [1.29, 1.82) is 0 Å². The highest BCUT2D eigenvalue weighted by molar-refractivity contribution is 9.10. The maximum absolute atomic E-state index is 11.7. The predicted molar refractivity (Wildman–Crippen MR) is 77.1 cm³/mol. The Morgan fingerprint density at radius 3 is 2.58 bits per heavy atom. The number of hydrogen-bond donors (Lipinski definition) is 1. The molecule has 0 aromatic heterocycles. The molecule has 5 heteroatoms. The first-order valence-electron chi connectivity index (χ1n) is 6.08. The third kappa shape index (κ3) is 5.42. The van der Waals surface area contributed by atoms with Crippen molar-refractivity contribution >= 4 is 27.6 Å². The summed E-state index contributed by atoms with van der Waals surface area (Å²) in [6, 6.07) is 6.78. The molecule has 1 unspecified atom stereocenters. The van der Waals surface area contributed by atoms with Gasteiger partial charge in [-0.2, -0.15) is 0 Å². The monoisotopic (exact) mass is 327 g/mol. The Kier molecular flexibility index (Phi) is 6.02. The number of carbonyl (C=O) groups is 2. The van der Waals surface area contributed by atoms with Gasteiger partial charge in [0.25, 0.3) is 5.91 Å². The van der Waals surface area contributed by atoms with Gasteiger partial charge in [0.2, 0.25) is 0 Å². The molecule has 1 aromatic rings. The lowest BCUT2D eigenvalue weighted by atomic mass is 10.0. The molecule has 19 heavy (non-hydrogen) atoms. The van der Waals surface area contributed by atoms with Crippen LogP contribution >= 0.6 is 15.9 Å². The number of rotatable bonds is 6. The lowest BCUT2D eigenvalue weighted by Gasteiger charge is -2.19. The summed E-state index contributed by atoms with van der Waals surface area (Å²) in [6.07, 6.45) is 0. The fraction of sp³-hybridized carbons (Fsp3) is 0.429. The Balaban J connectivity index is 2.49. The Bertz CT molecular complexity index is 460. The summed E-state index contributed by atoms with van der Waals surface area (Å²) in [5.74, 6) is 0.320. The van der Waals surface area contributed by atoms with Crippen LogP contribution in [0.1, 0.15) is 20.8 Å². The van der Waals surface area contributed by atoms with Gasteiger partial charge in [0, 0.05) is 4.47 Å². The molecule has 0 saturated heterocycles. The molecule has 0 bridgehead atoms. The molecule has 0 aliphatic rings. The SMILES string of the molecule is CC(=O)C(NC(=O)COc1cccc(Br)c1)C(C)C. The topological polar surface area (TPSA) is 55.4 Å². The molecule has 1 amide bonds. The van der Waals surface area contributed by atoms with E-state index in [0.29, 0.717) is 5.75 Å². The zero-order valence-corrected chi connectivity index (χ0v) is 12.9. The predicted octanol–water partition coefficient (Wildman–Crippen LogP) is 2.56. The summed E-state index contributed by atoms with van der Waals surface area (Å²) in [5.41, 5.74) is 0. The minimum atomic E-state index is -0.460. The van der Waals surface area contributed by atoms with E-state index in [1.807, 2.05) is 26.0 Å².